The number of carboxylic acids is 1. The first-order valence-corrected chi connectivity index (χ1v) is 9.94. The minimum Gasteiger partial charge on any atom is -0.478 e. The van der Waals surface area contributed by atoms with E-state index >= 15 is 0 Å². The molecule has 0 aliphatic carbocycles. The van der Waals surface area contributed by atoms with Gasteiger partial charge in [0.1, 0.15) is 0 Å². The fourth-order valence-electron chi connectivity index (χ4n) is 3.52. The largest absolute Gasteiger partial charge is 0.478 e. The van der Waals surface area contributed by atoms with Gasteiger partial charge < -0.3 is 14.9 Å². The van der Waals surface area contributed by atoms with Crippen LogP contribution in [-0.4, -0.2) is 58.9 Å². The van der Waals surface area contributed by atoms with Gasteiger partial charge in [-0.2, -0.15) is 0 Å². The van der Waals surface area contributed by atoms with Crippen molar-refractivity contribution in [2.24, 2.45) is 0 Å². The molecule has 0 bridgehead atoms. The van der Waals surface area contributed by atoms with E-state index in [2.05, 4.69) is 0 Å². The lowest BCUT2D eigenvalue weighted by atomic mass is 10.1. The molecule has 0 radical (unpaired) electrons. The number of aromatic carboxylic acids is 1. The first-order valence-electron chi connectivity index (χ1n) is 9.94. The van der Waals surface area contributed by atoms with E-state index in [-0.39, 0.29) is 23.8 Å². The molecule has 1 heterocycles. The highest BCUT2D eigenvalue weighted by atomic mass is 16.4. The van der Waals surface area contributed by atoms with Gasteiger partial charge in [0, 0.05) is 32.6 Å². The molecule has 1 aliphatic heterocycles. The van der Waals surface area contributed by atoms with Crippen molar-refractivity contribution in [3.63, 3.8) is 0 Å². The maximum atomic E-state index is 12.6. The number of carboxylic acid groups (broad SMARTS) is 1. The highest BCUT2D eigenvalue weighted by Gasteiger charge is 2.22. The lowest BCUT2D eigenvalue weighted by Gasteiger charge is -2.22. The summed E-state index contributed by atoms with van der Waals surface area (Å²) in [7, 11) is 0. The van der Waals surface area contributed by atoms with Crippen LogP contribution in [0.1, 0.15) is 34.3 Å². The maximum absolute atomic E-state index is 12.6. The number of rotatable bonds is 6. The standard InChI is InChI=1S/C23H26N2O4/c26-21(12-9-18-5-2-1-3-6-18)24-13-4-14-25(16-15-24)22(27)17-19-7-10-20(11-8-19)23(28)29/h1-3,5-8,10-11H,4,9,12-17H2,(H,28,29). The zero-order valence-electron chi connectivity index (χ0n) is 16.4. The van der Waals surface area contributed by atoms with Gasteiger partial charge in [-0.1, -0.05) is 42.5 Å². The Morgan fingerprint density at radius 3 is 2.00 bits per heavy atom. The fraction of sp³-hybridized carbons (Fsp3) is 0.348. The Balaban J connectivity index is 1.48. The lowest BCUT2D eigenvalue weighted by molar-refractivity contribution is -0.133. The highest BCUT2D eigenvalue weighted by Crippen LogP contribution is 2.11. The van der Waals surface area contributed by atoms with E-state index in [0.29, 0.717) is 32.6 Å². The topological polar surface area (TPSA) is 77.9 Å². The lowest BCUT2D eigenvalue weighted by Crippen LogP contribution is -2.38. The average molecular weight is 394 g/mol. The normalized spacial score (nSPS) is 14.3. The van der Waals surface area contributed by atoms with Gasteiger partial charge in [-0.15, -0.1) is 0 Å². The SMILES string of the molecule is O=C(O)c1ccc(CC(=O)N2CCCN(C(=O)CCc3ccccc3)CC2)cc1. The third-order valence-electron chi connectivity index (χ3n) is 5.23. The van der Waals surface area contributed by atoms with Crippen LogP contribution in [0.2, 0.25) is 0 Å². The van der Waals surface area contributed by atoms with Crippen LogP contribution in [0.5, 0.6) is 0 Å². The molecule has 0 unspecified atom stereocenters. The van der Waals surface area contributed by atoms with Crippen LogP contribution in [0.25, 0.3) is 0 Å². The summed E-state index contributed by atoms with van der Waals surface area (Å²) in [5.41, 5.74) is 2.15. The number of carbonyl (C=O) groups is 3. The molecule has 2 aromatic rings. The van der Waals surface area contributed by atoms with Crippen molar-refractivity contribution >= 4 is 17.8 Å². The zero-order chi connectivity index (χ0) is 20.6. The Labute approximate surface area is 170 Å². The molecule has 1 saturated heterocycles. The maximum Gasteiger partial charge on any atom is 0.335 e. The van der Waals surface area contributed by atoms with Crippen LogP contribution in [-0.2, 0) is 22.4 Å². The van der Waals surface area contributed by atoms with E-state index in [4.69, 9.17) is 5.11 Å². The molecule has 152 valence electrons. The molecule has 1 aliphatic rings. The van der Waals surface area contributed by atoms with E-state index in [9.17, 15) is 14.4 Å². The van der Waals surface area contributed by atoms with Gasteiger partial charge in [-0.25, -0.2) is 4.79 Å². The van der Waals surface area contributed by atoms with Crippen LogP contribution in [0, 0.1) is 0 Å². The summed E-state index contributed by atoms with van der Waals surface area (Å²) in [5, 5.41) is 8.96. The number of hydrogen-bond donors (Lipinski definition) is 1. The van der Waals surface area contributed by atoms with Gasteiger partial charge in [-0.05, 0) is 36.1 Å². The van der Waals surface area contributed by atoms with Crippen molar-refractivity contribution in [2.75, 3.05) is 26.2 Å². The molecule has 0 spiro atoms. The molecule has 0 aromatic heterocycles. The van der Waals surface area contributed by atoms with Gasteiger partial charge in [-0.3, -0.25) is 9.59 Å². The molecule has 6 nitrogen and oxygen atoms in total. The first-order chi connectivity index (χ1) is 14.0. The summed E-state index contributed by atoms with van der Waals surface area (Å²) in [4.78, 5) is 39.8. The fourth-order valence-corrected chi connectivity index (χ4v) is 3.52. The van der Waals surface area contributed by atoms with Crippen molar-refractivity contribution in [3.8, 4) is 0 Å². The number of carbonyl (C=O) groups excluding carboxylic acids is 2. The van der Waals surface area contributed by atoms with Crippen molar-refractivity contribution in [1.29, 1.82) is 0 Å². The second-order valence-corrected chi connectivity index (χ2v) is 7.28. The average Bonchev–Trinajstić information content (AvgIpc) is 2.99. The van der Waals surface area contributed by atoms with Crippen molar-refractivity contribution in [1.82, 2.24) is 9.80 Å². The molecule has 2 aromatic carbocycles. The Kier molecular flexibility index (Phi) is 7.00. The zero-order valence-corrected chi connectivity index (χ0v) is 16.4. The summed E-state index contributed by atoms with van der Waals surface area (Å²) < 4.78 is 0. The molecule has 1 N–H and O–H groups in total. The van der Waals surface area contributed by atoms with Gasteiger partial charge in [0.25, 0.3) is 0 Å². The van der Waals surface area contributed by atoms with Crippen molar-refractivity contribution < 1.29 is 19.5 Å². The monoisotopic (exact) mass is 394 g/mol. The molecule has 6 heteroatoms. The number of benzene rings is 2. The van der Waals surface area contributed by atoms with E-state index in [1.54, 1.807) is 17.0 Å². The molecular formula is C23H26N2O4. The quantitative estimate of drug-likeness (QED) is 0.817. The second kappa shape index (κ2) is 9.87. The summed E-state index contributed by atoms with van der Waals surface area (Å²) in [6.45, 7) is 2.39. The van der Waals surface area contributed by atoms with Crippen LogP contribution in [0.15, 0.2) is 54.6 Å². The molecule has 1 fully saturated rings. The predicted molar refractivity (Wildman–Crippen MR) is 110 cm³/mol. The van der Waals surface area contributed by atoms with Crippen molar-refractivity contribution in [2.45, 2.75) is 25.7 Å². The molecule has 0 saturated carbocycles. The van der Waals surface area contributed by atoms with Gasteiger partial charge >= 0.3 is 5.97 Å². The minimum atomic E-state index is -0.979. The Morgan fingerprint density at radius 2 is 1.38 bits per heavy atom. The summed E-state index contributed by atoms with van der Waals surface area (Å²) in [5.74, 6) is -0.841. The van der Waals surface area contributed by atoms with Crippen LogP contribution >= 0.6 is 0 Å². The number of aryl methyl sites for hydroxylation is 1. The summed E-state index contributed by atoms with van der Waals surface area (Å²) >= 11 is 0. The van der Waals surface area contributed by atoms with Crippen LogP contribution < -0.4 is 0 Å². The smallest absolute Gasteiger partial charge is 0.335 e. The van der Waals surface area contributed by atoms with Gasteiger partial charge in [0.15, 0.2) is 0 Å². The Morgan fingerprint density at radius 1 is 0.759 bits per heavy atom. The summed E-state index contributed by atoms with van der Waals surface area (Å²) in [6, 6.07) is 16.4. The van der Waals surface area contributed by atoms with E-state index < -0.39 is 5.97 Å². The van der Waals surface area contributed by atoms with E-state index in [1.807, 2.05) is 35.2 Å². The van der Waals surface area contributed by atoms with E-state index in [1.165, 1.54) is 12.1 Å². The summed E-state index contributed by atoms with van der Waals surface area (Å²) in [6.07, 6.45) is 2.21. The molecule has 29 heavy (non-hydrogen) atoms. The molecular weight excluding hydrogens is 368 g/mol. The number of hydrogen-bond acceptors (Lipinski definition) is 3. The molecule has 0 atom stereocenters. The van der Waals surface area contributed by atoms with Gasteiger partial charge in [0.2, 0.25) is 11.8 Å². The number of amides is 2. The number of nitrogens with zero attached hydrogens (tertiary/aromatic N) is 2. The third kappa shape index (κ3) is 5.91. The Bertz CT molecular complexity index is 849. The molecule has 3 rings (SSSR count). The highest BCUT2D eigenvalue weighted by molar-refractivity contribution is 5.87. The van der Waals surface area contributed by atoms with Crippen molar-refractivity contribution in [3.05, 3.63) is 71.3 Å². The van der Waals surface area contributed by atoms with Crippen LogP contribution in [0.3, 0.4) is 0 Å². The van der Waals surface area contributed by atoms with E-state index in [0.717, 1.165) is 24.0 Å². The minimum absolute atomic E-state index is 0.00617. The van der Waals surface area contributed by atoms with Gasteiger partial charge in [0.05, 0.1) is 12.0 Å². The first kappa shape index (κ1) is 20.6. The molecule has 2 amide bonds. The Hall–Kier alpha value is -3.15. The predicted octanol–water partition coefficient (Wildman–Crippen LogP) is 2.62. The van der Waals surface area contributed by atoms with Crippen LogP contribution in [0.4, 0.5) is 0 Å². The second-order valence-electron chi connectivity index (χ2n) is 7.28. The third-order valence-corrected chi connectivity index (χ3v) is 5.23.